The number of carbonyl (C=O) groups is 1. The fourth-order valence-electron chi connectivity index (χ4n) is 1.89. The molecule has 20 heavy (non-hydrogen) atoms. The van der Waals surface area contributed by atoms with E-state index in [0.717, 1.165) is 29.4 Å². The Morgan fingerprint density at radius 2 is 1.75 bits per heavy atom. The summed E-state index contributed by atoms with van der Waals surface area (Å²) in [6.45, 7) is 2.07. The van der Waals surface area contributed by atoms with Crippen LogP contribution in [0.3, 0.4) is 0 Å². The molecule has 2 aromatic rings. The summed E-state index contributed by atoms with van der Waals surface area (Å²) in [5, 5.41) is 8.71. The van der Waals surface area contributed by atoms with Gasteiger partial charge in [0.15, 0.2) is 0 Å². The number of rotatable bonds is 5. The Morgan fingerprint density at radius 3 is 2.45 bits per heavy atom. The highest BCUT2D eigenvalue weighted by Crippen LogP contribution is 2.29. The molecule has 2 rings (SSSR count). The van der Waals surface area contributed by atoms with Crippen molar-refractivity contribution < 1.29 is 14.6 Å². The van der Waals surface area contributed by atoms with Crippen molar-refractivity contribution in [1.29, 1.82) is 0 Å². The number of aliphatic carboxylic acids is 1. The minimum Gasteiger partial charge on any atom is -0.478 e. The lowest BCUT2D eigenvalue weighted by Gasteiger charge is -2.11. The van der Waals surface area contributed by atoms with Gasteiger partial charge >= 0.3 is 5.97 Å². The van der Waals surface area contributed by atoms with Crippen molar-refractivity contribution in [3.05, 3.63) is 65.7 Å². The van der Waals surface area contributed by atoms with Crippen LogP contribution < -0.4 is 4.74 Å². The molecule has 0 aliphatic carbocycles. The smallest absolute Gasteiger partial charge is 0.328 e. The van der Waals surface area contributed by atoms with Gasteiger partial charge in [0.25, 0.3) is 0 Å². The normalized spacial score (nSPS) is 10.7. The van der Waals surface area contributed by atoms with Crippen LogP contribution >= 0.6 is 0 Å². The van der Waals surface area contributed by atoms with E-state index in [9.17, 15) is 4.79 Å². The zero-order chi connectivity index (χ0) is 14.4. The number of carboxylic acids is 1. The summed E-state index contributed by atoms with van der Waals surface area (Å²) in [6.07, 6.45) is 3.52. The van der Waals surface area contributed by atoms with Crippen LogP contribution in [0.25, 0.3) is 6.08 Å². The largest absolute Gasteiger partial charge is 0.478 e. The minimum atomic E-state index is -0.978. The third-order valence-corrected chi connectivity index (χ3v) is 2.90. The van der Waals surface area contributed by atoms with E-state index >= 15 is 0 Å². The van der Waals surface area contributed by atoms with Gasteiger partial charge in [-0.3, -0.25) is 0 Å². The quantitative estimate of drug-likeness (QED) is 0.829. The molecule has 0 aliphatic rings. The summed E-state index contributed by atoms with van der Waals surface area (Å²) in [5.41, 5.74) is 1.85. The maximum absolute atomic E-state index is 10.6. The lowest BCUT2D eigenvalue weighted by Crippen LogP contribution is -1.92. The highest BCUT2D eigenvalue weighted by atomic mass is 16.5. The average Bonchev–Trinajstić information content (AvgIpc) is 2.47. The van der Waals surface area contributed by atoms with Crippen LogP contribution in [0.1, 0.15) is 18.1 Å². The van der Waals surface area contributed by atoms with E-state index in [0.29, 0.717) is 5.75 Å². The van der Waals surface area contributed by atoms with Crippen molar-refractivity contribution in [3.8, 4) is 11.5 Å². The highest BCUT2D eigenvalue weighted by molar-refractivity contribution is 5.85. The standard InChI is InChI=1S/C17H16O3/c1-2-13-7-3-5-9-15(13)20-16-10-6-4-8-14(16)11-12-17(18)19/h3-12H,2H2,1H3,(H,18,19)/b12-11+. The molecule has 0 aromatic heterocycles. The first-order valence-corrected chi connectivity index (χ1v) is 6.46. The summed E-state index contributed by atoms with van der Waals surface area (Å²) >= 11 is 0. The summed E-state index contributed by atoms with van der Waals surface area (Å²) in [6, 6.07) is 15.2. The lowest BCUT2D eigenvalue weighted by atomic mass is 10.1. The first-order chi connectivity index (χ1) is 9.70. The van der Waals surface area contributed by atoms with Gasteiger partial charge in [-0.25, -0.2) is 4.79 Å². The van der Waals surface area contributed by atoms with Crippen LogP contribution in [-0.2, 0) is 11.2 Å². The van der Waals surface area contributed by atoms with Gasteiger partial charge in [0.2, 0.25) is 0 Å². The van der Waals surface area contributed by atoms with E-state index in [4.69, 9.17) is 9.84 Å². The van der Waals surface area contributed by atoms with Crippen molar-refractivity contribution in [3.63, 3.8) is 0 Å². The molecule has 0 aliphatic heterocycles. The molecule has 0 saturated carbocycles. The van der Waals surface area contributed by atoms with Gasteiger partial charge in [-0.15, -0.1) is 0 Å². The Morgan fingerprint density at radius 1 is 1.10 bits per heavy atom. The second kappa shape index (κ2) is 6.57. The summed E-state index contributed by atoms with van der Waals surface area (Å²) in [4.78, 5) is 10.6. The van der Waals surface area contributed by atoms with E-state index in [-0.39, 0.29) is 0 Å². The van der Waals surface area contributed by atoms with Crippen LogP contribution in [0.2, 0.25) is 0 Å². The predicted molar refractivity (Wildman–Crippen MR) is 79.0 cm³/mol. The summed E-state index contributed by atoms with van der Waals surface area (Å²) in [7, 11) is 0. The summed E-state index contributed by atoms with van der Waals surface area (Å²) < 4.78 is 5.92. The number of benzene rings is 2. The molecule has 0 amide bonds. The van der Waals surface area contributed by atoms with E-state index in [2.05, 4.69) is 6.92 Å². The van der Waals surface area contributed by atoms with Crippen molar-refractivity contribution in [2.24, 2.45) is 0 Å². The second-order valence-electron chi connectivity index (χ2n) is 4.27. The molecular formula is C17H16O3. The predicted octanol–water partition coefficient (Wildman–Crippen LogP) is 4.14. The van der Waals surface area contributed by atoms with Crippen LogP contribution in [-0.4, -0.2) is 11.1 Å². The van der Waals surface area contributed by atoms with Crippen LogP contribution in [0.15, 0.2) is 54.6 Å². The molecule has 0 bridgehead atoms. The van der Waals surface area contributed by atoms with Crippen molar-refractivity contribution in [1.82, 2.24) is 0 Å². The molecular weight excluding hydrogens is 252 g/mol. The van der Waals surface area contributed by atoms with E-state index in [1.54, 1.807) is 0 Å². The van der Waals surface area contributed by atoms with Crippen LogP contribution in [0, 0.1) is 0 Å². The number of aryl methyl sites for hydroxylation is 1. The molecule has 0 heterocycles. The molecule has 0 radical (unpaired) electrons. The van der Waals surface area contributed by atoms with Gasteiger partial charge in [-0.05, 0) is 30.2 Å². The van der Waals surface area contributed by atoms with Gasteiger partial charge in [-0.1, -0.05) is 43.3 Å². The minimum absolute atomic E-state index is 0.644. The van der Waals surface area contributed by atoms with E-state index < -0.39 is 5.97 Å². The zero-order valence-corrected chi connectivity index (χ0v) is 11.2. The molecule has 3 heteroatoms. The van der Waals surface area contributed by atoms with Crippen molar-refractivity contribution in [2.75, 3.05) is 0 Å². The van der Waals surface area contributed by atoms with Gasteiger partial charge in [0.1, 0.15) is 11.5 Å². The molecule has 0 unspecified atom stereocenters. The van der Waals surface area contributed by atoms with Gasteiger partial charge in [0, 0.05) is 11.6 Å². The number of ether oxygens (including phenoxy) is 1. The Kier molecular flexibility index (Phi) is 4.56. The molecule has 0 fully saturated rings. The number of hydrogen-bond acceptors (Lipinski definition) is 2. The average molecular weight is 268 g/mol. The number of hydrogen-bond donors (Lipinski definition) is 1. The van der Waals surface area contributed by atoms with Crippen molar-refractivity contribution >= 4 is 12.0 Å². The SMILES string of the molecule is CCc1ccccc1Oc1ccccc1/C=C/C(=O)O. The van der Waals surface area contributed by atoms with E-state index in [1.807, 2.05) is 48.5 Å². The highest BCUT2D eigenvalue weighted by Gasteiger charge is 2.05. The fraction of sp³-hybridized carbons (Fsp3) is 0.118. The van der Waals surface area contributed by atoms with Gasteiger partial charge in [0.05, 0.1) is 0 Å². The molecule has 3 nitrogen and oxygen atoms in total. The third-order valence-electron chi connectivity index (χ3n) is 2.90. The topological polar surface area (TPSA) is 46.5 Å². The third kappa shape index (κ3) is 3.48. The Labute approximate surface area is 118 Å². The first-order valence-electron chi connectivity index (χ1n) is 6.46. The molecule has 2 aromatic carbocycles. The zero-order valence-electron chi connectivity index (χ0n) is 11.2. The molecule has 0 saturated heterocycles. The van der Waals surface area contributed by atoms with Gasteiger partial charge in [-0.2, -0.15) is 0 Å². The summed E-state index contributed by atoms with van der Waals surface area (Å²) in [5.74, 6) is 0.464. The van der Waals surface area contributed by atoms with E-state index in [1.165, 1.54) is 6.08 Å². The monoisotopic (exact) mass is 268 g/mol. The maximum Gasteiger partial charge on any atom is 0.328 e. The Balaban J connectivity index is 2.31. The number of para-hydroxylation sites is 2. The molecule has 102 valence electrons. The number of carboxylic acid groups (broad SMARTS) is 1. The molecule has 0 atom stereocenters. The van der Waals surface area contributed by atoms with Crippen LogP contribution in [0.4, 0.5) is 0 Å². The fourth-order valence-corrected chi connectivity index (χ4v) is 1.89. The first kappa shape index (κ1) is 13.9. The maximum atomic E-state index is 10.6. The Bertz CT molecular complexity index is 630. The molecule has 1 N–H and O–H groups in total. The van der Waals surface area contributed by atoms with Crippen molar-refractivity contribution in [2.45, 2.75) is 13.3 Å². The lowest BCUT2D eigenvalue weighted by molar-refractivity contribution is -0.131. The second-order valence-corrected chi connectivity index (χ2v) is 4.27. The molecule has 0 spiro atoms. The van der Waals surface area contributed by atoms with Crippen LogP contribution in [0.5, 0.6) is 11.5 Å². The Hall–Kier alpha value is -2.55. The van der Waals surface area contributed by atoms with Gasteiger partial charge < -0.3 is 9.84 Å².